The Balaban J connectivity index is 2.58. The minimum atomic E-state index is -0.658. The van der Waals surface area contributed by atoms with Gasteiger partial charge in [0.2, 0.25) is 0 Å². The van der Waals surface area contributed by atoms with E-state index in [1.807, 2.05) is 0 Å². The average Bonchev–Trinajstić information content (AvgIpc) is 2.01. The Morgan fingerprint density at radius 2 is 2.07 bits per heavy atom. The predicted octanol–water partition coefficient (Wildman–Crippen LogP) is 3.82. The van der Waals surface area contributed by atoms with E-state index in [9.17, 15) is 4.79 Å². The Bertz CT molecular complexity index is 203. The molecule has 0 aromatic carbocycles. The zero-order chi connectivity index (χ0) is 10.7. The highest BCUT2D eigenvalue weighted by Crippen LogP contribution is 2.35. The number of carbonyl (C=O) groups excluding carboxylic acids is 1. The fraction of sp³-hybridized carbons (Fsp3) is 0.909. The van der Waals surface area contributed by atoms with Crippen molar-refractivity contribution in [2.24, 2.45) is 17.8 Å². The van der Waals surface area contributed by atoms with Gasteiger partial charge in [-0.3, -0.25) is 0 Å². The average molecular weight is 219 g/mol. The molecule has 0 amide bonds. The van der Waals surface area contributed by atoms with E-state index >= 15 is 0 Å². The second-order valence-corrected chi connectivity index (χ2v) is 5.03. The molecule has 82 valence electrons. The molecule has 1 aliphatic carbocycles. The molecule has 1 aliphatic rings. The van der Waals surface area contributed by atoms with Crippen molar-refractivity contribution in [3.8, 4) is 0 Å². The molecule has 0 aliphatic heterocycles. The standard InChI is InChI=1S/C11H19ClO2/c1-7(2)9-5-4-8(3)6-10(9)14-11(12)13/h7-10H,4-6H2,1-3H3/t8-,9-,10+/m1/s1. The van der Waals surface area contributed by atoms with Crippen molar-refractivity contribution < 1.29 is 9.53 Å². The normalized spacial score (nSPS) is 33.1. The van der Waals surface area contributed by atoms with Crippen LogP contribution in [0.25, 0.3) is 0 Å². The minimum Gasteiger partial charge on any atom is -0.450 e. The zero-order valence-electron chi connectivity index (χ0n) is 9.13. The van der Waals surface area contributed by atoms with E-state index in [0.29, 0.717) is 17.8 Å². The largest absolute Gasteiger partial charge is 0.450 e. The molecular weight excluding hydrogens is 200 g/mol. The van der Waals surface area contributed by atoms with Crippen LogP contribution in [-0.2, 0) is 4.74 Å². The minimum absolute atomic E-state index is 0.0312. The van der Waals surface area contributed by atoms with E-state index in [2.05, 4.69) is 20.8 Å². The Hall–Kier alpha value is -0.240. The summed E-state index contributed by atoms with van der Waals surface area (Å²) >= 11 is 5.27. The van der Waals surface area contributed by atoms with Gasteiger partial charge in [-0.1, -0.05) is 27.2 Å². The van der Waals surface area contributed by atoms with Gasteiger partial charge in [-0.05, 0) is 30.6 Å². The van der Waals surface area contributed by atoms with Crippen LogP contribution >= 0.6 is 11.6 Å². The van der Waals surface area contributed by atoms with E-state index in [1.165, 1.54) is 6.42 Å². The van der Waals surface area contributed by atoms with Gasteiger partial charge in [0.05, 0.1) is 0 Å². The van der Waals surface area contributed by atoms with E-state index in [1.54, 1.807) is 0 Å². The predicted molar refractivity (Wildman–Crippen MR) is 57.5 cm³/mol. The monoisotopic (exact) mass is 218 g/mol. The first-order valence-corrected chi connectivity index (χ1v) is 5.74. The van der Waals surface area contributed by atoms with Gasteiger partial charge < -0.3 is 4.74 Å². The third-order valence-electron chi connectivity index (χ3n) is 3.21. The molecule has 3 atom stereocenters. The smallest absolute Gasteiger partial charge is 0.404 e. The van der Waals surface area contributed by atoms with Crippen molar-refractivity contribution in [2.75, 3.05) is 0 Å². The summed E-state index contributed by atoms with van der Waals surface area (Å²) in [6.45, 7) is 6.55. The molecule has 0 spiro atoms. The number of rotatable bonds is 2. The summed E-state index contributed by atoms with van der Waals surface area (Å²) in [5, 5.41) is 0. The van der Waals surface area contributed by atoms with Gasteiger partial charge in [0, 0.05) is 11.6 Å². The molecule has 2 nitrogen and oxygen atoms in total. The summed E-state index contributed by atoms with van der Waals surface area (Å²) in [7, 11) is 0. The lowest BCUT2D eigenvalue weighted by Crippen LogP contribution is -2.34. The zero-order valence-corrected chi connectivity index (χ0v) is 9.88. The Kier molecular flexibility index (Phi) is 4.24. The van der Waals surface area contributed by atoms with Crippen LogP contribution in [0, 0.1) is 17.8 Å². The fourth-order valence-corrected chi connectivity index (χ4v) is 2.48. The van der Waals surface area contributed by atoms with Crippen LogP contribution in [0.5, 0.6) is 0 Å². The highest BCUT2D eigenvalue weighted by atomic mass is 35.5. The highest BCUT2D eigenvalue weighted by Gasteiger charge is 2.32. The lowest BCUT2D eigenvalue weighted by atomic mass is 9.75. The number of hydrogen-bond donors (Lipinski definition) is 0. The first-order valence-electron chi connectivity index (χ1n) is 5.36. The Morgan fingerprint density at radius 1 is 1.43 bits per heavy atom. The molecule has 0 N–H and O–H groups in total. The molecule has 0 unspecified atom stereocenters. The Labute approximate surface area is 91.0 Å². The highest BCUT2D eigenvalue weighted by molar-refractivity contribution is 6.61. The molecule has 1 fully saturated rings. The molecule has 0 aromatic heterocycles. The molecule has 0 saturated heterocycles. The van der Waals surface area contributed by atoms with Gasteiger partial charge in [0.1, 0.15) is 6.10 Å². The third kappa shape index (κ3) is 3.16. The topological polar surface area (TPSA) is 26.3 Å². The Morgan fingerprint density at radius 3 is 2.57 bits per heavy atom. The SMILES string of the molecule is CC(C)[C@H]1CC[C@@H](C)C[C@@H]1OC(=O)Cl. The molecule has 1 saturated carbocycles. The van der Waals surface area contributed by atoms with E-state index in [-0.39, 0.29) is 6.10 Å². The number of halogens is 1. The van der Waals surface area contributed by atoms with Crippen molar-refractivity contribution in [1.29, 1.82) is 0 Å². The molecule has 0 radical (unpaired) electrons. The van der Waals surface area contributed by atoms with Crippen molar-refractivity contribution in [1.82, 2.24) is 0 Å². The maximum Gasteiger partial charge on any atom is 0.404 e. The van der Waals surface area contributed by atoms with Crippen molar-refractivity contribution in [3.05, 3.63) is 0 Å². The van der Waals surface area contributed by atoms with Gasteiger partial charge in [-0.25, -0.2) is 4.79 Å². The van der Waals surface area contributed by atoms with Gasteiger partial charge in [0.15, 0.2) is 0 Å². The summed E-state index contributed by atoms with van der Waals surface area (Å²) in [5.41, 5.74) is -0.658. The first-order chi connectivity index (χ1) is 6.50. The first kappa shape index (κ1) is 11.8. The van der Waals surface area contributed by atoms with E-state index < -0.39 is 5.43 Å². The molecule has 0 bridgehead atoms. The molecule has 14 heavy (non-hydrogen) atoms. The van der Waals surface area contributed by atoms with Crippen LogP contribution in [0.4, 0.5) is 4.79 Å². The second kappa shape index (κ2) is 5.01. The summed E-state index contributed by atoms with van der Waals surface area (Å²) < 4.78 is 5.16. The number of ether oxygens (including phenoxy) is 1. The van der Waals surface area contributed by atoms with Gasteiger partial charge >= 0.3 is 5.43 Å². The maximum atomic E-state index is 10.7. The molecule has 0 heterocycles. The maximum absolute atomic E-state index is 10.7. The number of hydrogen-bond acceptors (Lipinski definition) is 2. The van der Waals surface area contributed by atoms with E-state index in [0.717, 1.165) is 12.8 Å². The van der Waals surface area contributed by atoms with Crippen LogP contribution in [0.3, 0.4) is 0 Å². The van der Waals surface area contributed by atoms with Crippen LogP contribution in [0.2, 0.25) is 0 Å². The summed E-state index contributed by atoms with van der Waals surface area (Å²) in [5.74, 6) is 1.68. The van der Waals surface area contributed by atoms with Gasteiger partial charge in [-0.2, -0.15) is 0 Å². The lowest BCUT2D eigenvalue weighted by Gasteiger charge is -2.36. The van der Waals surface area contributed by atoms with Crippen LogP contribution in [0.1, 0.15) is 40.0 Å². The fourth-order valence-electron chi connectivity index (χ4n) is 2.37. The second-order valence-electron chi connectivity index (χ2n) is 4.72. The third-order valence-corrected chi connectivity index (χ3v) is 3.29. The molecule has 3 heteroatoms. The summed E-state index contributed by atoms with van der Waals surface area (Å²) in [6, 6.07) is 0. The van der Waals surface area contributed by atoms with Crippen LogP contribution in [0.15, 0.2) is 0 Å². The van der Waals surface area contributed by atoms with Gasteiger partial charge in [-0.15, -0.1) is 0 Å². The van der Waals surface area contributed by atoms with Crippen LogP contribution in [-0.4, -0.2) is 11.5 Å². The summed E-state index contributed by atoms with van der Waals surface area (Å²) in [4.78, 5) is 10.7. The quantitative estimate of drug-likeness (QED) is 0.659. The van der Waals surface area contributed by atoms with Crippen molar-refractivity contribution >= 4 is 17.0 Å². The number of carbonyl (C=O) groups is 1. The van der Waals surface area contributed by atoms with Crippen LogP contribution < -0.4 is 0 Å². The van der Waals surface area contributed by atoms with E-state index in [4.69, 9.17) is 16.3 Å². The molecule has 1 rings (SSSR count). The molecular formula is C11H19ClO2. The van der Waals surface area contributed by atoms with Gasteiger partial charge in [0.25, 0.3) is 0 Å². The lowest BCUT2D eigenvalue weighted by molar-refractivity contribution is 0.0179. The summed E-state index contributed by atoms with van der Waals surface area (Å²) in [6.07, 6.45) is 3.37. The molecule has 0 aromatic rings. The van der Waals surface area contributed by atoms with Crippen molar-refractivity contribution in [3.63, 3.8) is 0 Å². The van der Waals surface area contributed by atoms with Crippen molar-refractivity contribution in [2.45, 2.75) is 46.1 Å².